The summed E-state index contributed by atoms with van der Waals surface area (Å²) in [6, 6.07) is 0.315. The minimum atomic E-state index is -0.0526. The van der Waals surface area contributed by atoms with Crippen molar-refractivity contribution in [3.8, 4) is 0 Å². The third-order valence-corrected chi connectivity index (χ3v) is 2.95. The maximum atomic E-state index is 6.03. The molecule has 1 rings (SSSR count). The topological polar surface area (TPSA) is 35.2 Å². The van der Waals surface area contributed by atoms with Crippen LogP contribution in [0.5, 0.6) is 0 Å². The highest BCUT2D eigenvalue weighted by molar-refractivity contribution is 4.79. The van der Waals surface area contributed by atoms with E-state index in [2.05, 4.69) is 13.8 Å². The molecule has 0 aromatic heterocycles. The molecule has 0 aliphatic heterocycles. The van der Waals surface area contributed by atoms with Crippen molar-refractivity contribution in [2.24, 2.45) is 11.7 Å². The van der Waals surface area contributed by atoms with Crippen LogP contribution >= 0.6 is 0 Å². The second kappa shape index (κ2) is 4.43. The SMILES string of the molecule is COC(C)(C)CC(N)CCC1CC1. The summed E-state index contributed by atoms with van der Waals surface area (Å²) in [7, 11) is 1.76. The van der Waals surface area contributed by atoms with Crippen LogP contribution in [-0.2, 0) is 4.74 Å². The van der Waals surface area contributed by atoms with E-state index in [4.69, 9.17) is 10.5 Å². The van der Waals surface area contributed by atoms with Crippen LogP contribution in [-0.4, -0.2) is 18.8 Å². The van der Waals surface area contributed by atoms with Crippen LogP contribution in [0.1, 0.15) is 46.0 Å². The van der Waals surface area contributed by atoms with Crippen molar-refractivity contribution >= 4 is 0 Å². The molecule has 13 heavy (non-hydrogen) atoms. The fourth-order valence-electron chi connectivity index (χ4n) is 1.67. The van der Waals surface area contributed by atoms with Crippen molar-refractivity contribution in [1.29, 1.82) is 0 Å². The Balaban J connectivity index is 2.11. The van der Waals surface area contributed by atoms with Gasteiger partial charge in [-0.25, -0.2) is 0 Å². The molecular weight excluding hydrogens is 162 g/mol. The fraction of sp³-hybridized carbons (Fsp3) is 1.00. The zero-order valence-corrected chi connectivity index (χ0v) is 9.18. The Kier molecular flexibility index (Phi) is 3.74. The molecule has 1 unspecified atom stereocenters. The highest BCUT2D eigenvalue weighted by Crippen LogP contribution is 2.34. The molecule has 0 aromatic carbocycles. The molecule has 2 N–H and O–H groups in total. The van der Waals surface area contributed by atoms with Gasteiger partial charge >= 0.3 is 0 Å². The number of ether oxygens (including phenoxy) is 1. The van der Waals surface area contributed by atoms with Crippen LogP contribution in [0.4, 0.5) is 0 Å². The van der Waals surface area contributed by atoms with Crippen molar-refractivity contribution in [3.05, 3.63) is 0 Å². The predicted molar refractivity (Wildman–Crippen MR) is 55.6 cm³/mol. The van der Waals surface area contributed by atoms with E-state index in [0.29, 0.717) is 6.04 Å². The Morgan fingerprint density at radius 3 is 2.54 bits per heavy atom. The van der Waals surface area contributed by atoms with Crippen LogP contribution in [0.2, 0.25) is 0 Å². The summed E-state index contributed by atoms with van der Waals surface area (Å²) in [4.78, 5) is 0. The van der Waals surface area contributed by atoms with E-state index >= 15 is 0 Å². The summed E-state index contributed by atoms with van der Waals surface area (Å²) >= 11 is 0. The van der Waals surface area contributed by atoms with E-state index in [1.54, 1.807) is 7.11 Å². The van der Waals surface area contributed by atoms with E-state index in [1.807, 2.05) is 0 Å². The first-order valence-electron chi connectivity index (χ1n) is 5.34. The predicted octanol–water partition coefficient (Wildman–Crippen LogP) is 2.32. The lowest BCUT2D eigenvalue weighted by atomic mass is 9.95. The van der Waals surface area contributed by atoms with E-state index in [1.165, 1.54) is 19.3 Å². The third kappa shape index (κ3) is 4.63. The monoisotopic (exact) mass is 185 g/mol. The van der Waals surface area contributed by atoms with Gasteiger partial charge in [-0.15, -0.1) is 0 Å². The molecule has 1 aliphatic rings. The standard InChI is InChI=1S/C11H23NO/c1-11(2,13-3)8-10(12)7-6-9-4-5-9/h9-10H,4-8,12H2,1-3H3. The maximum Gasteiger partial charge on any atom is 0.0637 e. The summed E-state index contributed by atoms with van der Waals surface area (Å²) in [5.41, 5.74) is 5.98. The molecule has 0 radical (unpaired) electrons. The summed E-state index contributed by atoms with van der Waals surface area (Å²) in [5, 5.41) is 0. The van der Waals surface area contributed by atoms with Gasteiger partial charge in [0.1, 0.15) is 0 Å². The molecule has 78 valence electrons. The first-order valence-corrected chi connectivity index (χ1v) is 5.34. The normalized spacial score (nSPS) is 20.3. The Morgan fingerprint density at radius 1 is 1.46 bits per heavy atom. The fourth-order valence-corrected chi connectivity index (χ4v) is 1.67. The van der Waals surface area contributed by atoms with Gasteiger partial charge in [0.15, 0.2) is 0 Å². The van der Waals surface area contributed by atoms with Gasteiger partial charge in [0.05, 0.1) is 5.60 Å². The Labute approximate surface area is 81.8 Å². The van der Waals surface area contributed by atoms with Crippen LogP contribution < -0.4 is 5.73 Å². The van der Waals surface area contributed by atoms with Gasteiger partial charge in [0.2, 0.25) is 0 Å². The number of hydrogen-bond acceptors (Lipinski definition) is 2. The van der Waals surface area contributed by atoms with Gasteiger partial charge in [0.25, 0.3) is 0 Å². The summed E-state index contributed by atoms with van der Waals surface area (Å²) in [5.74, 6) is 0.997. The largest absolute Gasteiger partial charge is 0.379 e. The van der Waals surface area contributed by atoms with Crippen LogP contribution in [0.15, 0.2) is 0 Å². The summed E-state index contributed by atoms with van der Waals surface area (Å²) in [6.45, 7) is 4.20. The first kappa shape index (κ1) is 11.0. The molecule has 0 amide bonds. The molecule has 1 fully saturated rings. The minimum Gasteiger partial charge on any atom is -0.379 e. The van der Waals surface area contributed by atoms with Crippen LogP contribution in [0, 0.1) is 5.92 Å². The lowest BCUT2D eigenvalue weighted by molar-refractivity contribution is 0.00934. The first-order chi connectivity index (χ1) is 6.03. The van der Waals surface area contributed by atoms with Crippen molar-refractivity contribution in [3.63, 3.8) is 0 Å². The molecule has 1 atom stereocenters. The Bertz CT molecular complexity index is 152. The van der Waals surface area contributed by atoms with E-state index in [9.17, 15) is 0 Å². The van der Waals surface area contributed by atoms with E-state index in [-0.39, 0.29) is 5.60 Å². The molecule has 0 saturated heterocycles. The second-order valence-corrected chi connectivity index (χ2v) is 4.95. The third-order valence-electron chi connectivity index (χ3n) is 2.95. The van der Waals surface area contributed by atoms with Crippen molar-refractivity contribution in [2.45, 2.75) is 57.6 Å². The molecule has 2 nitrogen and oxygen atoms in total. The molecule has 0 aromatic rings. The van der Waals surface area contributed by atoms with Gasteiger partial charge in [-0.05, 0) is 39.0 Å². The van der Waals surface area contributed by atoms with Crippen molar-refractivity contribution < 1.29 is 4.74 Å². The molecule has 1 saturated carbocycles. The molecule has 0 spiro atoms. The van der Waals surface area contributed by atoms with Crippen LogP contribution in [0.3, 0.4) is 0 Å². The minimum absolute atomic E-state index is 0.0526. The van der Waals surface area contributed by atoms with Crippen molar-refractivity contribution in [1.82, 2.24) is 0 Å². The molecule has 0 heterocycles. The quantitative estimate of drug-likeness (QED) is 0.689. The zero-order chi connectivity index (χ0) is 9.90. The molecule has 0 bridgehead atoms. The van der Waals surface area contributed by atoms with Crippen molar-refractivity contribution in [2.75, 3.05) is 7.11 Å². The van der Waals surface area contributed by atoms with Gasteiger partial charge in [-0.2, -0.15) is 0 Å². The lowest BCUT2D eigenvalue weighted by Crippen LogP contribution is -2.33. The summed E-state index contributed by atoms with van der Waals surface area (Å²) in [6.07, 6.45) is 6.31. The van der Waals surface area contributed by atoms with E-state index in [0.717, 1.165) is 18.8 Å². The Morgan fingerprint density at radius 2 is 2.08 bits per heavy atom. The number of nitrogens with two attached hydrogens (primary N) is 1. The maximum absolute atomic E-state index is 6.03. The smallest absolute Gasteiger partial charge is 0.0637 e. The van der Waals surface area contributed by atoms with E-state index < -0.39 is 0 Å². The summed E-state index contributed by atoms with van der Waals surface area (Å²) < 4.78 is 5.35. The number of hydrogen-bond donors (Lipinski definition) is 1. The number of rotatable bonds is 6. The molecule has 1 aliphatic carbocycles. The van der Waals surface area contributed by atoms with Gasteiger partial charge < -0.3 is 10.5 Å². The second-order valence-electron chi connectivity index (χ2n) is 4.95. The van der Waals surface area contributed by atoms with Gasteiger partial charge in [-0.1, -0.05) is 12.8 Å². The molecular formula is C11H23NO. The average Bonchev–Trinajstić information content (AvgIpc) is 2.83. The average molecular weight is 185 g/mol. The Hall–Kier alpha value is -0.0800. The highest BCUT2D eigenvalue weighted by atomic mass is 16.5. The lowest BCUT2D eigenvalue weighted by Gasteiger charge is -2.26. The highest BCUT2D eigenvalue weighted by Gasteiger charge is 2.24. The number of methoxy groups -OCH3 is 1. The zero-order valence-electron chi connectivity index (χ0n) is 9.18. The van der Waals surface area contributed by atoms with Gasteiger partial charge in [-0.3, -0.25) is 0 Å². The van der Waals surface area contributed by atoms with Crippen LogP contribution in [0.25, 0.3) is 0 Å². The molecule has 2 heteroatoms. The van der Waals surface area contributed by atoms with Gasteiger partial charge in [0, 0.05) is 13.2 Å².